The zero-order valence-electron chi connectivity index (χ0n) is 13.8. The number of ether oxygens (including phenoxy) is 1. The van der Waals surface area contributed by atoms with E-state index in [2.05, 4.69) is 31.3 Å². The number of methoxy groups -OCH3 is 1. The van der Waals surface area contributed by atoms with E-state index in [1.807, 2.05) is 0 Å². The molecule has 23 heavy (non-hydrogen) atoms. The molecule has 0 atom stereocenters. The molecule has 0 saturated carbocycles. The molecule has 1 aromatic rings. The molecule has 0 saturated heterocycles. The Labute approximate surface area is 169 Å². The summed E-state index contributed by atoms with van der Waals surface area (Å²) < 4.78 is 5.04. The first kappa shape index (κ1) is 22.3. The molecule has 2 N–H and O–H groups in total. The van der Waals surface area contributed by atoms with Gasteiger partial charge in [-0.25, -0.2) is 0 Å². The van der Waals surface area contributed by atoms with Crippen LogP contribution in [0.3, 0.4) is 0 Å². The van der Waals surface area contributed by atoms with Gasteiger partial charge in [-0.05, 0) is 42.9 Å². The maximum atomic E-state index is 11.8. The number of amides is 1. The molecule has 0 unspecified atom stereocenters. The van der Waals surface area contributed by atoms with Gasteiger partial charge in [-0.15, -0.1) is 0 Å². The topological polar surface area (TPSA) is 58.6 Å². The fourth-order valence-corrected chi connectivity index (χ4v) is 2.04. The summed E-state index contributed by atoms with van der Waals surface area (Å²) in [5.74, 6) is 1.17. The van der Waals surface area contributed by atoms with Gasteiger partial charge in [-0.2, -0.15) is 0 Å². The third kappa shape index (κ3) is 9.90. The molecule has 0 heterocycles. The van der Waals surface area contributed by atoms with Gasteiger partial charge in [0.25, 0.3) is 0 Å². The first-order valence-corrected chi connectivity index (χ1v) is 7.82. The summed E-state index contributed by atoms with van der Waals surface area (Å²) in [5.41, 5.74) is 0.905. The van der Waals surface area contributed by atoms with E-state index in [-0.39, 0.29) is 49.4 Å². The van der Waals surface area contributed by atoms with E-state index < -0.39 is 0 Å². The van der Waals surface area contributed by atoms with Crippen LogP contribution in [0.4, 0.5) is 0 Å². The van der Waals surface area contributed by atoms with Crippen molar-refractivity contribution in [2.24, 2.45) is 5.92 Å². The number of aromatic hydroxyl groups is 1. The normalized spacial score (nSPS) is 10.6. The van der Waals surface area contributed by atoms with Crippen molar-refractivity contribution in [1.29, 1.82) is 0 Å². The summed E-state index contributed by atoms with van der Waals surface area (Å²) >= 11 is 0. The van der Waals surface area contributed by atoms with Gasteiger partial charge in [0.15, 0.2) is 11.5 Å². The van der Waals surface area contributed by atoms with E-state index in [1.165, 1.54) is 7.11 Å². The average Bonchev–Trinajstić information content (AvgIpc) is 2.49. The number of hydrogen-bond donors (Lipinski definition) is 2. The number of hydrogen-bond acceptors (Lipinski definition) is 3. The van der Waals surface area contributed by atoms with E-state index in [9.17, 15) is 9.90 Å². The summed E-state index contributed by atoms with van der Waals surface area (Å²) in [6, 6.07) is 5.07. The Bertz CT molecular complexity index is 501. The molecule has 5 heteroatoms. The molecule has 0 radical (unpaired) electrons. The van der Waals surface area contributed by atoms with Crippen molar-refractivity contribution in [2.75, 3.05) is 7.11 Å². The standard InChI is InChI=1S/C18H27NO3.Ca.2H/c1-14(2)8-6-4-5-7-9-18(21)19-13-15-10-11-16(20)17(12-15)22-3;;;/h6,8,10-12,14,20H,4-5,7,9,13H2,1-3H3,(H,19,21);;;/b8-6+;;;. The Morgan fingerprint density at radius 3 is 2.74 bits per heavy atom. The molecule has 4 nitrogen and oxygen atoms in total. The summed E-state index contributed by atoms with van der Waals surface area (Å²) in [4.78, 5) is 11.8. The van der Waals surface area contributed by atoms with Gasteiger partial charge in [0, 0.05) is 13.0 Å². The number of carbonyl (C=O) groups excluding carboxylic acids is 1. The Balaban J connectivity index is 0.00000484. The van der Waals surface area contributed by atoms with Gasteiger partial charge in [-0.1, -0.05) is 32.1 Å². The number of rotatable bonds is 9. The van der Waals surface area contributed by atoms with Crippen molar-refractivity contribution in [3.8, 4) is 11.5 Å². The van der Waals surface area contributed by atoms with Crippen LogP contribution in [0.2, 0.25) is 0 Å². The molecule has 126 valence electrons. The van der Waals surface area contributed by atoms with Crippen LogP contribution in [0.5, 0.6) is 11.5 Å². The van der Waals surface area contributed by atoms with Gasteiger partial charge in [0.05, 0.1) is 7.11 Å². The van der Waals surface area contributed by atoms with Crippen LogP contribution >= 0.6 is 0 Å². The zero-order chi connectivity index (χ0) is 16.4. The van der Waals surface area contributed by atoms with Crippen LogP contribution in [-0.2, 0) is 11.3 Å². The van der Waals surface area contributed by atoms with Crippen LogP contribution in [0.25, 0.3) is 0 Å². The first-order valence-electron chi connectivity index (χ1n) is 7.82. The van der Waals surface area contributed by atoms with Crippen LogP contribution in [0.15, 0.2) is 30.4 Å². The number of unbranched alkanes of at least 4 members (excludes halogenated alkanes) is 2. The second kappa shape index (κ2) is 12.7. The van der Waals surface area contributed by atoms with Crippen molar-refractivity contribution in [1.82, 2.24) is 5.32 Å². The van der Waals surface area contributed by atoms with E-state index in [1.54, 1.807) is 18.2 Å². The van der Waals surface area contributed by atoms with Crippen molar-refractivity contribution < 1.29 is 14.6 Å². The predicted octanol–water partition coefficient (Wildman–Crippen LogP) is 2.87. The van der Waals surface area contributed by atoms with E-state index in [0.717, 1.165) is 24.8 Å². The van der Waals surface area contributed by atoms with Crippen LogP contribution in [0, 0.1) is 5.92 Å². The SMILES string of the molecule is COc1cc(CNC(=O)CCCC/C=C/C(C)C)ccc1O.[CaH2]. The Hall–Kier alpha value is -0.710. The molecule has 0 aromatic heterocycles. The zero-order valence-corrected chi connectivity index (χ0v) is 13.8. The van der Waals surface area contributed by atoms with Crippen LogP contribution < -0.4 is 10.1 Å². The molecule has 0 bridgehead atoms. The number of phenolic OH excluding ortho intramolecular Hbond substituents is 1. The van der Waals surface area contributed by atoms with Crippen molar-refractivity contribution in [2.45, 2.75) is 46.1 Å². The number of nitrogens with one attached hydrogen (secondary N) is 1. The number of benzene rings is 1. The number of allylic oxidation sites excluding steroid dienone is 2. The van der Waals surface area contributed by atoms with Crippen molar-refractivity contribution >= 4 is 43.6 Å². The van der Waals surface area contributed by atoms with Gasteiger partial charge >= 0.3 is 37.7 Å². The Morgan fingerprint density at radius 2 is 2.09 bits per heavy atom. The molecule has 1 aromatic carbocycles. The minimum absolute atomic E-state index is 0. The summed E-state index contributed by atoms with van der Waals surface area (Å²) in [6.07, 6.45) is 7.88. The van der Waals surface area contributed by atoms with Gasteiger partial charge in [0.1, 0.15) is 0 Å². The molecule has 0 aliphatic rings. The molecule has 0 aliphatic carbocycles. The second-order valence-corrected chi connectivity index (χ2v) is 5.70. The summed E-state index contributed by atoms with van der Waals surface area (Å²) in [5, 5.41) is 12.4. The number of phenols is 1. The molecular weight excluding hydrogens is 318 g/mol. The van der Waals surface area contributed by atoms with Crippen molar-refractivity contribution in [3.05, 3.63) is 35.9 Å². The maximum absolute atomic E-state index is 11.8. The second-order valence-electron chi connectivity index (χ2n) is 5.70. The van der Waals surface area contributed by atoms with Crippen LogP contribution in [-0.4, -0.2) is 55.9 Å². The average molecular weight is 348 g/mol. The van der Waals surface area contributed by atoms with Crippen molar-refractivity contribution in [3.63, 3.8) is 0 Å². The molecular formula is C18H29CaNO3. The Morgan fingerprint density at radius 1 is 1.35 bits per heavy atom. The fraction of sp³-hybridized carbons (Fsp3) is 0.500. The molecule has 0 fully saturated rings. The van der Waals surface area contributed by atoms with Gasteiger partial charge < -0.3 is 15.2 Å². The third-order valence-corrected chi connectivity index (χ3v) is 3.28. The first-order chi connectivity index (χ1) is 10.5. The van der Waals surface area contributed by atoms with Gasteiger partial charge in [0.2, 0.25) is 5.91 Å². The monoisotopic (exact) mass is 347 g/mol. The van der Waals surface area contributed by atoms with Crippen LogP contribution in [0.1, 0.15) is 45.1 Å². The van der Waals surface area contributed by atoms with E-state index in [0.29, 0.717) is 24.6 Å². The molecule has 1 amide bonds. The minimum atomic E-state index is 0. The third-order valence-electron chi connectivity index (χ3n) is 3.28. The molecule has 0 aliphatic heterocycles. The molecule has 0 spiro atoms. The van der Waals surface area contributed by atoms with E-state index >= 15 is 0 Å². The summed E-state index contributed by atoms with van der Waals surface area (Å²) in [6.45, 7) is 4.76. The quantitative estimate of drug-likeness (QED) is 0.410. The predicted molar refractivity (Wildman–Crippen MR) is 97.5 cm³/mol. The number of carbonyl (C=O) groups is 1. The fourth-order valence-electron chi connectivity index (χ4n) is 2.04. The summed E-state index contributed by atoms with van der Waals surface area (Å²) in [7, 11) is 1.51. The molecule has 1 rings (SSSR count). The Kier molecular flexibility index (Phi) is 12.3. The van der Waals surface area contributed by atoms with Gasteiger partial charge in [-0.3, -0.25) is 4.79 Å². The van der Waals surface area contributed by atoms with E-state index in [4.69, 9.17) is 4.74 Å².